The fourth-order valence-electron chi connectivity index (χ4n) is 0. The minimum atomic E-state index is -2.33. The van der Waals surface area contributed by atoms with Gasteiger partial charge in [-0.15, -0.1) is 0 Å². The first kappa shape index (κ1) is 111. The van der Waals surface area contributed by atoms with Gasteiger partial charge in [0.1, 0.15) is 0 Å². The first-order chi connectivity index (χ1) is 15.6. The van der Waals surface area contributed by atoms with E-state index in [1.807, 2.05) is 0 Å². The van der Waals surface area contributed by atoms with E-state index in [0.29, 0.717) is 0 Å². The minimum absolute atomic E-state index is 0. The van der Waals surface area contributed by atoms with Gasteiger partial charge in [0.15, 0.2) is 0 Å². The Hall–Kier alpha value is 1.19. The number of hydrogen-bond acceptors (Lipinski definition) is 27. The van der Waals surface area contributed by atoms with Crippen molar-refractivity contribution in [3.8, 4) is 0 Å². The van der Waals surface area contributed by atoms with Crippen LogP contribution in [0.3, 0.4) is 0 Å². The van der Waals surface area contributed by atoms with Crippen molar-refractivity contribution in [3.63, 3.8) is 0 Å². The number of rotatable bonds is 0. The summed E-state index contributed by atoms with van der Waals surface area (Å²) in [5.41, 5.74) is 0. The molecular weight excluding hydrogens is 1420 g/mol. The van der Waals surface area contributed by atoms with Gasteiger partial charge in [0.25, 0.3) is 0 Å². The molecule has 0 unspecified atom stereocenters. The fourth-order valence-corrected chi connectivity index (χ4v) is 0. The van der Waals surface area contributed by atoms with Gasteiger partial charge < -0.3 is 146 Å². The van der Waals surface area contributed by atoms with Crippen molar-refractivity contribution in [1.82, 2.24) is 0 Å². The Morgan fingerprint density at radius 2 is 0.227 bits per heavy atom. The van der Waals surface area contributed by atoms with E-state index in [-0.39, 0.29) is 247 Å². The van der Waals surface area contributed by atoms with Crippen LogP contribution < -0.4 is 91.9 Å². The van der Waals surface area contributed by atoms with E-state index in [1.54, 1.807) is 0 Å². The standard InChI is InChI=1S/9CH2O3.2Ce.2La.2Nd.2H2O/c9*2-1(3)4;;;;;;;;/h9*(H2,2,3,4);;;;;;;2*1H2/q;;;;;;;;;6*+3;;/p-18. The Morgan fingerprint density at radius 3 is 0.227 bits per heavy atom. The molecule has 0 fully saturated rings. The Morgan fingerprint density at radius 1 is 0.227 bits per heavy atom. The third-order valence-corrected chi connectivity index (χ3v) is 0. The van der Waals surface area contributed by atoms with Crippen molar-refractivity contribution < 1.29 is 382 Å². The topological polar surface area (TPSA) is 632 Å². The van der Waals surface area contributed by atoms with Crippen LogP contribution in [0.2, 0.25) is 0 Å². The van der Waals surface area contributed by atoms with Gasteiger partial charge in [-0.05, 0) is 55.4 Å². The third-order valence-electron chi connectivity index (χ3n) is 0. The zero-order valence-corrected chi connectivity index (χ0v) is 39.6. The Kier molecular flexibility index (Phi) is 262. The number of hydrogen-bond donors (Lipinski definition) is 0. The Balaban J connectivity index is -0.0000000121. The predicted octanol–water partition coefficient (Wildman–Crippen LogP) is -23.7. The molecule has 0 rings (SSSR count). The van der Waals surface area contributed by atoms with Gasteiger partial charge in [-0.25, -0.2) is 0 Å². The molecular formula is C9H4Ce2La2Nd2O29. The number of carboxylic acid groups (broad SMARTS) is 18. The van der Waals surface area contributed by atoms with Crippen molar-refractivity contribution in [1.29, 1.82) is 0 Å². The SMILES string of the molecule is O.O.O=C([O-])[O-].O=C([O-])[O-].O=C([O-])[O-].O=C([O-])[O-].O=C([O-])[O-].O=C([O-])[O-].O=C([O-])[O-].O=C([O-])[O-].O=C([O-])[O-].[Ce+3].[Ce+3].[La+3].[La+3].[Nd+3].[Nd+3]. The quantitative estimate of drug-likeness (QED) is 0.217. The molecule has 0 amide bonds. The van der Waals surface area contributed by atoms with Gasteiger partial charge >= 0.3 is 236 Å². The molecule has 0 saturated carbocycles. The molecule has 0 aliphatic heterocycles. The number of carbonyl (C=O) groups excluding carboxylic acids is 9. The summed E-state index contributed by atoms with van der Waals surface area (Å²) in [4.78, 5) is 75.0. The molecule has 236 valence electrons. The second kappa shape index (κ2) is 104. The van der Waals surface area contributed by atoms with Crippen LogP contribution in [-0.4, -0.2) is 66.4 Å². The Labute approximate surface area is 428 Å². The molecule has 0 aliphatic rings. The summed E-state index contributed by atoms with van der Waals surface area (Å²) in [6.45, 7) is 0. The number of carbonyl (C=O) groups is 9. The first-order valence-electron chi connectivity index (χ1n) is 5.51. The van der Waals surface area contributed by atoms with Crippen LogP contribution in [0.25, 0.3) is 0 Å². The van der Waals surface area contributed by atoms with E-state index in [4.69, 9.17) is 135 Å². The molecule has 4 radical (unpaired) electrons. The molecule has 0 spiro atoms. The minimum Gasteiger partial charge on any atom is -0.652 e. The van der Waals surface area contributed by atoms with E-state index in [9.17, 15) is 0 Å². The van der Waals surface area contributed by atoms with Gasteiger partial charge in [0.05, 0.1) is 0 Å². The predicted molar refractivity (Wildman–Crippen MR) is 55.8 cm³/mol. The summed E-state index contributed by atoms with van der Waals surface area (Å²) < 4.78 is 0. The van der Waals surface area contributed by atoms with Crippen LogP contribution in [0.5, 0.6) is 0 Å². The van der Waals surface area contributed by atoms with Crippen molar-refractivity contribution in [2.75, 3.05) is 0 Å². The third kappa shape index (κ3) is 53900. The van der Waals surface area contributed by atoms with Crippen molar-refractivity contribution in [3.05, 3.63) is 0 Å². The zero-order valence-electron chi connectivity index (χ0n) is 19.7. The average Bonchev–Trinajstić information content (AvgIpc) is 2.39. The van der Waals surface area contributed by atoms with Crippen molar-refractivity contribution in [2.24, 2.45) is 0 Å². The summed E-state index contributed by atoms with van der Waals surface area (Å²) in [7, 11) is 0. The largest absolute Gasteiger partial charge is 3.00 e. The van der Waals surface area contributed by atoms with Gasteiger partial charge in [-0.3, -0.25) is 0 Å². The van der Waals surface area contributed by atoms with E-state index in [2.05, 4.69) is 0 Å². The molecule has 0 saturated heterocycles. The normalized spacial score (nSPS) is 4.91. The van der Waals surface area contributed by atoms with Crippen LogP contribution in [0.15, 0.2) is 0 Å². The summed E-state index contributed by atoms with van der Waals surface area (Å²) >= 11 is 0. The molecule has 0 aromatic carbocycles. The molecule has 0 aliphatic carbocycles. The molecule has 0 heterocycles. The van der Waals surface area contributed by atoms with E-state index >= 15 is 0 Å². The van der Waals surface area contributed by atoms with Crippen LogP contribution in [0.1, 0.15) is 0 Å². The smallest absolute Gasteiger partial charge is 0.652 e. The first-order valence-corrected chi connectivity index (χ1v) is 5.51. The summed E-state index contributed by atoms with van der Waals surface area (Å²) in [6.07, 6.45) is -21.0. The van der Waals surface area contributed by atoms with Crippen molar-refractivity contribution in [2.45, 2.75) is 0 Å². The van der Waals surface area contributed by atoms with Gasteiger partial charge in [-0.1, -0.05) is 0 Å². The maximum atomic E-state index is 8.33. The summed E-state index contributed by atoms with van der Waals surface area (Å²) in [5.74, 6) is 0. The van der Waals surface area contributed by atoms with E-state index in [1.165, 1.54) is 0 Å². The van der Waals surface area contributed by atoms with E-state index < -0.39 is 55.4 Å². The van der Waals surface area contributed by atoms with Gasteiger partial charge in [-0.2, -0.15) is 0 Å². The Bertz CT molecular complexity index is 443. The molecule has 35 heteroatoms. The maximum absolute atomic E-state index is 8.33. The summed E-state index contributed by atoms with van der Waals surface area (Å²) in [5, 5.41) is 150. The van der Waals surface area contributed by atoms with Crippen molar-refractivity contribution >= 4 is 55.4 Å². The molecule has 0 bridgehead atoms. The monoisotopic (exact) mass is 1420 g/mol. The van der Waals surface area contributed by atoms with Gasteiger partial charge in [0, 0.05) is 0 Å². The average molecular weight is 1420 g/mol. The maximum Gasteiger partial charge on any atom is 3.00 e. The van der Waals surface area contributed by atoms with Crippen LogP contribution in [0.4, 0.5) is 43.2 Å². The second-order valence-corrected chi connectivity index (χ2v) is 2.25. The fraction of sp³-hybridized carbons (Fsp3) is 0. The molecule has 0 aromatic rings. The molecule has 44 heavy (non-hydrogen) atoms. The molecule has 4 N–H and O–H groups in total. The van der Waals surface area contributed by atoms with Crippen LogP contribution in [-0.2, 0) is 0 Å². The second-order valence-electron chi connectivity index (χ2n) is 2.25. The van der Waals surface area contributed by atoms with E-state index in [0.717, 1.165) is 0 Å². The van der Waals surface area contributed by atoms with Crippen LogP contribution >= 0.6 is 0 Å². The zero-order chi connectivity index (χ0) is 32.2. The molecule has 29 nitrogen and oxygen atoms in total. The summed E-state index contributed by atoms with van der Waals surface area (Å²) in [6, 6.07) is 0. The van der Waals surface area contributed by atoms with Crippen LogP contribution in [0, 0.1) is 236 Å². The van der Waals surface area contributed by atoms with Gasteiger partial charge in [0.2, 0.25) is 0 Å². The molecule has 0 aromatic heterocycles. The molecule has 0 atom stereocenters.